The summed E-state index contributed by atoms with van der Waals surface area (Å²) in [5.74, 6) is 0. The Morgan fingerprint density at radius 1 is 1.21 bits per heavy atom. The second-order valence-corrected chi connectivity index (χ2v) is 4.60. The van der Waals surface area contributed by atoms with Crippen LogP contribution in [0.2, 0.25) is 0 Å². The number of alkyl halides is 1. The van der Waals surface area contributed by atoms with Crippen LogP contribution in [0.15, 0.2) is 0 Å². The van der Waals surface area contributed by atoms with Gasteiger partial charge in [-0.2, -0.15) is 0 Å². The summed E-state index contributed by atoms with van der Waals surface area (Å²) in [6.07, 6.45) is 4.24. The van der Waals surface area contributed by atoms with Crippen LogP contribution < -0.4 is 29.6 Å². The number of hydrogen-bond donors (Lipinski definition) is 0. The van der Waals surface area contributed by atoms with Crippen molar-refractivity contribution in [3.63, 3.8) is 0 Å². The first-order valence-corrected chi connectivity index (χ1v) is 6.04. The smallest absolute Gasteiger partial charge is 0.746 e. The molecule has 0 radical (unpaired) electrons. The van der Waals surface area contributed by atoms with E-state index in [-0.39, 0.29) is 36.0 Å². The van der Waals surface area contributed by atoms with Crippen molar-refractivity contribution < 1.29 is 46.9 Å². The van der Waals surface area contributed by atoms with Gasteiger partial charge in [0.15, 0.2) is 5.50 Å². The van der Waals surface area contributed by atoms with Crippen LogP contribution in [0.25, 0.3) is 0 Å². The summed E-state index contributed by atoms with van der Waals surface area (Å²) in [5, 5.41) is 0. The van der Waals surface area contributed by atoms with Gasteiger partial charge in [-0.1, -0.05) is 32.6 Å². The molecule has 0 aromatic heterocycles. The van der Waals surface area contributed by atoms with Gasteiger partial charge in [0, 0.05) is 0 Å². The van der Waals surface area contributed by atoms with Gasteiger partial charge in [0.1, 0.15) is 10.1 Å². The van der Waals surface area contributed by atoms with E-state index in [2.05, 4.69) is 6.92 Å². The molecule has 1 atom stereocenters. The molecule has 1 unspecified atom stereocenters. The fraction of sp³-hybridized carbons (Fsp3) is 1.00. The molecule has 0 saturated heterocycles. The van der Waals surface area contributed by atoms with Crippen LogP contribution in [-0.2, 0) is 10.1 Å². The fourth-order valence-electron chi connectivity index (χ4n) is 1.05. The molecule has 0 rings (SSSR count). The van der Waals surface area contributed by atoms with E-state index in [9.17, 15) is 17.4 Å². The average molecular weight is 234 g/mol. The third-order valence-electron chi connectivity index (χ3n) is 1.85. The second kappa shape index (κ2) is 9.09. The van der Waals surface area contributed by atoms with E-state index in [0.29, 0.717) is 6.42 Å². The van der Waals surface area contributed by atoms with E-state index in [1.807, 2.05) is 0 Å². The Bertz CT molecular complexity index is 219. The van der Waals surface area contributed by atoms with Crippen LogP contribution >= 0.6 is 0 Å². The van der Waals surface area contributed by atoms with Gasteiger partial charge in [0.05, 0.1) is 0 Å². The molecule has 0 aromatic rings. The predicted molar refractivity (Wildman–Crippen MR) is 48.0 cm³/mol. The van der Waals surface area contributed by atoms with Crippen molar-refractivity contribution in [2.24, 2.45) is 0 Å². The van der Waals surface area contributed by atoms with Crippen molar-refractivity contribution in [3.8, 4) is 0 Å². The number of rotatable bonds is 7. The van der Waals surface area contributed by atoms with Crippen molar-refractivity contribution in [2.75, 3.05) is 0 Å². The molecule has 0 saturated carbocycles. The normalized spacial score (nSPS) is 13.4. The van der Waals surface area contributed by atoms with Crippen LogP contribution in [0, 0.1) is 0 Å². The Hall–Kier alpha value is 0.840. The summed E-state index contributed by atoms with van der Waals surface area (Å²) in [6, 6.07) is 0. The van der Waals surface area contributed by atoms with Gasteiger partial charge in [-0.15, -0.1) is 0 Å². The largest absolute Gasteiger partial charge is 1.00 e. The molecule has 0 aliphatic carbocycles. The molecule has 0 heterocycles. The molecule has 3 nitrogen and oxygen atoms in total. The molecule has 0 aliphatic rings. The third kappa shape index (κ3) is 9.40. The Kier molecular flexibility index (Phi) is 11.2. The van der Waals surface area contributed by atoms with E-state index in [4.69, 9.17) is 0 Å². The summed E-state index contributed by atoms with van der Waals surface area (Å²) in [7, 11) is -4.71. The molecule has 0 bridgehead atoms. The Labute approximate surface area is 108 Å². The molecule has 0 amide bonds. The molecule has 6 heteroatoms. The molecule has 0 fully saturated rings. The fourth-order valence-corrected chi connectivity index (χ4v) is 1.51. The third-order valence-corrected chi connectivity index (χ3v) is 2.71. The maximum atomic E-state index is 12.5. The van der Waals surface area contributed by atoms with Crippen LogP contribution in [0.4, 0.5) is 4.39 Å². The van der Waals surface area contributed by atoms with Crippen LogP contribution in [0.5, 0.6) is 0 Å². The quantitative estimate of drug-likeness (QED) is 0.329. The SMILES string of the molecule is CCCCCCCC(F)S(=O)(=O)[O-].[Na+]. The number of hydrogen-bond acceptors (Lipinski definition) is 3. The van der Waals surface area contributed by atoms with Crippen molar-refractivity contribution in [3.05, 3.63) is 0 Å². The summed E-state index contributed by atoms with van der Waals surface area (Å²) in [5.41, 5.74) is -2.21. The zero-order chi connectivity index (χ0) is 10.3. The van der Waals surface area contributed by atoms with E-state index >= 15 is 0 Å². The zero-order valence-corrected chi connectivity index (χ0v) is 11.6. The first-order valence-electron chi connectivity index (χ1n) is 4.57. The number of unbranched alkanes of at least 4 members (excludes halogenated alkanes) is 4. The van der Waals surface area contributed by atoms with Gasteiger partial charge in [0.25, 0.3) is 0 Å². The van der Waals surface area contributed by atoms with E-state index in [0.717, 1.165) is 25.7 Å². The van der Waals surface area contributed by atoms with Crippen molar-refractivity contribution in [1.82, 2.24) is 0 Å². The van der Waals surface area contributed by atoms with Crippen molar-refractivity contribution >= 4 is 10.1 Å². The van der Waals surface area contributed by atoms with E-state index in [1.54, 1.807) is 0 Å². The van der Waals surface area contributed by atoms with Gasteiger partial charge in [0.2, 0.25) is 0 Å². The molecule has 0 aliphatic heterocycles. The minimum atomic E-state index is -4.71. The Morgan fingerprint density at radius 2 is 1.71 bits per heavy atom. The van der Waals surface area contributed by atoms with E-state index < -0.39 is 15.6 Å². The van der Waals surface area contributed by atoms with Gasteiger partial charge in [-0.25, -0.2) is 12.8 Å². The topological polar surface area (TPSA) is 57.2 Å². The predicted octanol–water partition coefficient (Wildman–Crippen LogP) is -0.808. The summed E-state index contributed by atoms with van der Waals surface area (Å²) in [6.45, 7) is 2.06. The van der Waals surface area contributed by atoms with E-state index in [1.165, 1.54) is 0 Å². The standard InChI is InChI=1S/C8H17FO3S.Na/c1-2-3-4-5-6-7-8(9)13(10,11)12;/h8H,2-7H2,1H3,(H,10,11,12);/q;+1/p-1. The summed E-state index contributed by atoms with van der Waals surface area (Å²) >= 11 is 0. The van der Waals surface area contributed by atoms with Crippen molar-refractivity contribution in [2.45, 2.75) is 51.0 Å². The first-order chi connectivity index (χ1) is 5.98. The van der Waals surface area contributed by atoms with Gasteiger partial charge in [-0.3, -0.25) is 0 Å². The zero-order valence-electron chi connectivity index (χ0n) is 8.83. The molecular formula is C8H16FNaO3S. The van der Waals surface area contributed by atoms with Crippen LogP contribution in [0.1, 0.15) is 45.4 Å². The molecule has 0 aromatic carbocycles. The maximum absolute atomic E-state index is 12.5. The summed E-state index contributed by atoms with van der Waals surface area (Å²) in [4.78, 5) is 0. The molecule has 0 N–H and O–H groups in total. The molecular weight excluding hydrogens is 218 g/mol. The maximum Gasteiger partial charge on any atom is 1.00 e. The second-order valence-electron chi connectivity index (χ2n) is 3.11. The van der Waals surface area contributed by atoms with Crippen LogP contribution in [-0.4, -0.2) is 18.5 Å². The summed E-state index contributed by atoms with van der Waals surface area (Å²) < 4.78 is 42.9. The molecule has 14 heavy (non-hydrogen) atoms. The van der Waals surface area contributed by atoms with Crippen LogP contribution in [0.3, 0.4) is 0 Å². The van der Waals surface area contributed by atoms with Gasteiger partial charge < -0.3 is 4.55 Å². The molecule has 0 spiro atoms. The molecule has 80 valence electrons. The Balaban J connectivity index is 0. The number of halogens is 1. The Morgan fingerprint density at radius 3 is 2.14 bits per heavy atom. The average Bonchev–Trinajstić information content (AvgIpc) is 2.02. The first kappa shape index (κ1) is 17.2. The monoisotopic (exact) mass is 234 g/mol. The van der Waals surface area contributed by atoms with Gasteiger partial charge >= 0.3 is 29.6 Å². The van der Waals surface area contributed by atoms with Gasteiger partial charge in [-0.05, 0) is 12.8 Å². The van der Waals surface area contributed by atoms with Crippen molar-refractivity contribution in [1.29, 1.82) is 0 Å². The minimum Gasteiger partial charge on any atom is -0.746 e. The minimum absolute atomic E-state index is 0.